The highest BCUT2D eigenvalue weighted by Gasteiger charge is 2.23. The minimum Gasteiger partial charge on any atom is -0.383 e. The van der Waals surface area contributed by atoms with Gasteiger partial charge < -0.3 is 4.74 Å². The second-order valence-electron chi connectivity index (χ2n) is 3.34. The van der Waals surface area contributed by atoms with Gasteiger partial charge in [-0.05, 0) is 12.8 Å². The third-order valence-electron chi connectivity index (χ3n) is 2.29. The van der Waals surface area contributed by atoms with Gasteiger partial charge in [-0.1, -0.05) is 13.8 Å². The van der Waals surface area contributed by atoms with Gasteiger partial charge in [0, 0.05) is 19.7 Å². The van der Waals surface area contributed by atoms with Gasteiger partial charge in [-0.3, -0.25) is 0 Å². The van der Waals surface area contributed by atoms with Crippen molar-refractivity contribution in [3.63, 3.8) is 0 Å². The smallest absolute Gasteiger partial charge is 0.211 e. The van der Waals surface area contributed by atoms with Crippen LogP contribution in [0.2, 0.25) is 0 Å². The summed E-state index contributed by atoms with van der Waals surface area (Å²) in [6.07, 6.45) is 2.93. The molecule has 0 atom stereocenters. The van der Waals surface area contributed by atoms with Gasteiger partial charge in [0.2, 0.25) is 10.0 Å². The first-order valence-electron chi connectivity index (χ1n) is 4.93. The van der Waals surface area contributed by atoms with Crippen LogP contribution in [0.3, 0.4) is 0 Å². The summed E-state index contributed by atoms with van der Waals surface area (Å²) in [4.78, 5) is 0. The van der Waals surface area contributed by atoms with E-state index in [1.165, 1.54) is 10.6 Å². The summed E-state index contributed by atoms with van der Waals surface area (Å²) in [5, 5.41) is 0. The molecular weight excluding hydrogens is 202 g/mol. The largest absolute Gasteiger partial charge is 0.383 e. The number of nitrogens with zero attached hydrogens (tertiary/aromatic N) is 1. The summed E-state index contributed by atoms with van der Waals surface area (Å²) in [6, 6.07) is 0.0974. The summed E-state index contributed by atoms with van der Waals surface area (Å²) >= 11 is 0. The van der Waals surface area contributed by atoms with Gasteiger partial charge in [0.1, 0.15) is 0 Å². The number of hydrogen-bond acceptors (Lipinski definition) is 3. The van der Waals surface area contributed by atoms with Gasteiger partial charge in [-0.25, -0.2) is 8.42 Å². The number of sulfonamides is 1. The number of rotatable bonds is 7. The molecule has 0 radical (unpaired) electrons. The molecule has 0 aromatic carbocycles. The van der Waals surface area contributed by atoms with Crippen molar-refractivity contribution >= 4 is 10.0 Å². The molecule has 0 saturated heterocycles. The van der Waals surface area contributed by atoms with E-state index in [9.17, 15) is 8.42 Å². The lowest BCUT2D eigenvalue weighted by atomic mass is 10.2. The molecule has 0 spiro atoms. The predicted molar refractivity (Wildman–Crippen MR) is 57.8 cm³/mol. The van der Waals surface area contributed by atoms with Crippen LogP contribution in [0.25, 0.3) is 0 Å². The van der Waals surface area contributed by atoms with Crippen LogP contribution in [0.1, 0.15) is 26.7 Å². The fraction of sp³-hybridized carbons (Fsp3) is 1.00. The molecule has 0 amide bonds. The van der Waals surface area contributed by atoms with Crippen molar-refractivity contribution in [3.05, 3.63) is 0 Å². The van der Waals surface area contributed by atoms with E-state index in [1.807, 2.05) is 13.8 Å². The molecule has 0 aliphatic rings. The Hall–Kier alpha value is -0.130. The van der Waals surface area contributed by atoms with Crippen LogP contribution in [0.15, 0.2) is 0 Å². The van der Waals surface area contributed by atoms with E-state index in [-0.39, 0.29) is 6.04 Å². The Labute approximate surface area is 87.3 Å². The Balaban J connectivity index is 4.54. The Morgan fingerprint density at radius 1 is 1.29 bits per heavy atom. The van der Waals surface area contributed by atoms with Crippen molar-refractivity contribution < 1.29 is 13.2 Å². The van der Waals surface area contributed by atoms with E-state index < -0.39 is 10.0 Å². The molecule has 86 valence electrons. The van der Waals surface area contributed by atoms with E-state index in [0.717, 1.165) is 12.8 Å². The molecule has 0 fully saturated rings. The monoisotopic (exact) mass is 223 g/mol. The van der Waals surface area contributed by atoms with E-state index in [1.54, 1.807) is 7.11 Å². The molecule has 14 heavy (non-hydrogen) atoms. The standard InChI is InChI=1S/C9H21NO3S/c1-5-9(6-2)10(7-8-13-3)14(4,11)12/h9H,5-8H2,1-4H3. The minimum atomic E-state index is -3.11. The average molecular weight is 223 g/mol. The molecule has 0 bridgehead atoms. The summed E-state index contributed by atoms with van der Waals surface area (Å²) in [5.41, 5.74) is 0. The van der Waals surface area contributed by atoms with Crippen molar-refractivity contribution in [3.8, 4) is 0 Å². The van der Waals surface area contributed by atoms with Crippen LogP contribution in [0.4, 0.5) is 0 Å². The van der Waals surface area contributed by atoms with Gasteiger partial charge in [0.15, 0.2) is 0 Å². The van der Waals surface area contributed by atoms with Gasteiger partial charge >= 0.3 is 0 Å². The molecule has 0 saturated carbocycles. The maximum Gasteiger partial charge on any atom is 0.211 e. The van der Waals surface area contributed by atoms with Gasteiger partial charge in [0.25, 0.3) is 0 Å². The van der Waals surface area contributed by atoms with Crippen LogP contribution >= 0.6 is 0 Å². The Bertz CT molecular complexity index is 234. The summed E-state index contributed by atoms with van der Waals surface area (Å²) in [7, 11) is -1.53. The average Bonchev–Trinajstić information content (AvgIpc) is 2.10. The van der Waals surface area contributed by atoms with Crippen LogP contribution in [0, 0.1) is 0 Å². The van der Waals surface area contributed by atoms with E-state index in [0.29, 0.717) is 13.2 Å². The second-order valence-corrected chi connectivity index (χ2v) is 5.27. The van der Waals surface area contributed by atoms with E-state index in [2.05, 4.69) is 0 Å². The first kappa shape index (κ1) is 13.9. The molecule has 0 aromatic rings. The lowest BCUT2D eigenvalue weighted by molar-refractivity contribution is 0.164. The third kappa shape index (κ3) is 4.39. The first-order valence-corrected chi connectivity index (χ1v) is 6.77. The lowest BCUT2D eigenvalue weighted by Gasteiger charge is -2.27. The molecule has 0 rings (SSSR count). The molecule has 0 heterocycles. The highest BCUT2D eigenvalue weighted by molar-refractivity contribution is 7.88. The zero-order valence-corrected chi connectivity index (χ0v) is 10.3. The Morgan fingerprint density at radius 3 is 2.07 bits per heavy atom. The molecule has 0 N–H and O–H groups in total. The maximum absolute atomic E-state index is 11.5. The van der Waals surface area contributed by atoms with Gasteiger partial charge in [0.05, 0.1) is 12.9 Å². The summed E-state index contributed by atoms with van der Waals surface area (Å²) < 4.78 is 29.4. The quantitative estimate of drug-likeness (QED) is 0.649. The predicted octanol–water partition coefficient (Wildman–Crippen LogP) is 1.08. The molecule has 0 aromatic heterocycles. The topological polar surface area (TPSA) is 46.6 Å². The molecule has 0 aliphatic heterocycles. The van der Waals surface area contributed by atoms with Crippen molar-refractivity contribution in [2.24, 2.45) is 0 Å². The van der Waals surface area contributed by atoms with Crippen LogP contribution in [-0.2, 0) is 14.8 Å². The van der Waals surface area contributed by atoms with Crippen LogP contribution in [-0.4, -0.2) is 45.3 Å². The van der Waals surface area contributed by atoms with Crippen molar-refractivity contribution in [2.75, 3.05) is 26.5 Å². The molecule has 0 unspecified atom stereocenters. The normalized spacial score (nSPS) is 12.7. The molecule has 5 heteroatoms. The maximum atomic E-state index is 11.5. The first-order chi connectivity index (χ1) is 6.47. The molecule has 0 aliphatic carbocycles. The number of hydrogen-bond donors (Lipinski definition) is 0. The SMILES string of the molecule is CCC(CC)N(CCOC)S(C)(=O)=O. The second kappa shape index (κ2) is 6.37. The third-order valence-corrected chi connectivity index (χ3v) is 3.62. The zero-order valence-electron chi connectivity index (χ0n) is 9.49. The number of methoxy groups -OCH3 is 1. The van der Waals surface area contributed by atoms with E-state index in [4.69, 9.17) is 4.74 Å². The zero-order chi connectivity index (χ0) is 11.2. The van der Waals surface area contributed by atoms with Gasteiger partial charge in [-0.15, -0.1) is 0 Å². The summed E-state index contributed by atoms with van der Waals surface area (Å²) in [6.45, 7) is 4.89. The van der Waals surface area contributed by atoms with Crippen molar-refractivity contribution in [1.29, 1.82) is 0 Å². The van der Waals surface area contributed by atoms with E-state index >= 15 is 0 Å². The van der Waals surface area contributed by atoms with Crippen molar-refractivity contribution in [1.82, 2.24) is 4.31 Å². The minimum absolute atomic E-state index is 0.0974. The Morgan fingerprint density at radius 2 is 1.79 bits per heavy atom. The fourth-order valence-electron chi connectivity index (χ4n) is 1.50. The van der Waals surface area contributed by atoms with Crippen molar-refractivity contribution in [2.45, 2.75) is 32.7 Å². The molecular formula is C9H21NO3S. The van der Waals surface area contributed by atoms with Crippen LogP contribution < -0.4 is 0 Å². The number of ether oxygens (including phenoxy) is 1. The lowest BCUT2D eigenvalue weighted by Crippen LogP contribution is -2.41. The highest BCUT2D eigenvalue weighted by Crippen LogP contribution is 2.12. The van der Waals surface area contributed by atoms with Crippen LogP contribution in [0.5, 0.6) is 0 Å². The highest BCUT2D eigenvalue weighted by atomic mass is 32.2. The summed E-state index contributed by atoms with van der Waals surface area (Å²) in [5.74, 6) is 0. The molecule has 4 nitrogen and oxygen atoms in total. The van der Waals surface area contributed by atoms with Gasteiger partial charge in [-0.2, -0.15) is 4.31 Å². The Kier molecular flexibility index (Phi) is 6.31. The fourth-order valence-corrected chi connectivity index (χ4v) is 2.74.